The topological polar surface area (TPSA) is 105 Å². The van der Waals surface area contributed by atoms with E-state index in [-0.39, 0.29) is 29.9 Å². The molecule has 1 unspecified atom stereocenters. The van der Waals surface area contributed by atoms with Gasteiger partial charge in [-0.1, -0.05) is 80.4 Å². The minimum absolute atomic E-state index is 0.151. The molecule has 1 fully saturated rings. The van der Waals surface area contributed by atoms with Gasteiger partial charge in [0, 0.05) is 26.2 Å². The lowest BCUT2D eigenvalue weighted by atomic mass is 10.0. The third kappa shape index (κ3) is 8.40. The third-order valence-corrected chi connectivity index (χ3v) is 8.98. The summed E-state index contributed by atoms with van der Waals surface area (Å²) in [4.78, 5) is 29.0. The van der Waals surface area contributed by atoms with E-state index >= 15 is 0 Å². The Morgan fingerprint density at radius 2 is 1.57 bits per heavy atom. The van der Waals surface area contributed by atoms with Crippen LogP contribution in [0.25, 0.3) is 0 Å². The van der Waals surface area contributed by atoms with Gasteiger partial charge in [0.2, 0.25) is 15.9 Å². The highest BCUT2D eigenvalue weighted by Crippen LogP contribution is 2.25. The van der Waals surface area contributed by atoms with Crippen molar-refractivity contribution in [2.75, 3.05) is 39.5 Å². The fraction of sp³-hybridized carbons (Fsp3) is 0.375. The van der Waals surface area contributed by atoms with Gasteiger partial charge in [-0.05, 0) is 41.8 Å². The summed E-state index contributed by atoms with van der Waals surface area (Å²) < 4.78 is 38.4. The monoisotopic (exact) mass is 593 g/mol. The summed E-state index contributed by atoms with van der Waals surface area (Å²) in [6, 6.07) is 23.9. The first-order valence-corrected chi connectivity index (χ1v) is 15.8. The molecule has 9 nitrogen and oxygen atoms in total. The van der Waals surface area contributed by atoms with Crippen LogP contribution in [0.4, 0.5) is 0 Å². The van der Waals surface area contributed by atoms with E-state index in [0.29, 0.717) is 44.2 Å². The van der Waals surface area contributed by atoms with Gasteiger partial charge in [-0.2, -0.15) is 4.31 Å². The Balaban J connectivity index is 1.52. The molecule has 0 aliphatic carbocycles. The Bertz CT molecular complexity index is 1380. The maximum Gasteiger partial charge on any atom is 0.261 e. The number of unbranched alkanes of at least 4 members (excludes halogenated alkanes) is 2. The number of carbonyl (C=O) groups excluding carboxylic acids is 2. The maximum absolute atomic E-state index is 13.8. The van der Waals surface area contributed by atoms with Crippen LogP contribution in [0.2, 0.25) is 0 Å². The number of hydrogen-bond acceptors (Lipinski definition) is 6. The average molecular weight is 594 g/mol. The second-order valence-corrected chi connectivity index (χ2v) is 12.0. The fourth-order valence-corrected chi connectivity index (χ4v) is 6.17. The summed E-state index contributed by atoms with van der Waals surface area (Å²) in [5.41, 5.74) is 1.58. The van der Waals surface area contributed by atoms with Crippen LogP contribution in [0, 0.1) is 0 Å². The molecule has 3 aromatic carbocycles. The molecule has 224 valence electrons. The van der Waals surface area contributed by atoms with Gasteiger partial charge in [0.15, 0.2) is 6.61 Å². The summed E-state index contributed by atoms with van der Waals surface area (Å²) in [6.07, 6.45) is 2.90. The number of sulfonamides is 1. The Morgan fingerprint density at radius 1 is 0.929 bits per heavy atom. The largest absolute Gasteiger partial charge is 0.484 e. The van der Waals surface area contributed by atoms with E-state index in [1.54, 1.807) is 0 Å². The van der Waals surface area contributed by atoms with Gasteiger partial charge in [0.05, 0.1) is 18.1 Å². The lowest BCUT2D eigenvalue weighted by molar-refractivity contribution is -0.143. The highest BCUT2D eigenvalue weighted by atomic mass is 32.2. The molecule has 42 heavy (non-hydrogen) atoms. The van der Waals surface area contributed by atoms with E-state index in [1.807, 2.05) is 60.7 Å². The number of carbonyl (C=O) groups is 2. The van der Waals surface area contributed by atoms with Gasteiger partial charge in [0.1, 0.15) is 11.8 Å². The van der Waals surface area contributed by atoms with Crippen LogP contribution in [0.1, 0.15) is 43.4 Å². The summed E-state index contributed by atoms with van der Waals surface area (Å²) in [6.45, 7) is 3.86. The lowest BCUT2D eigenvalue weighted by Crippen LogP contribution is -2.45. The van der Waals surface area contributed by atoms with Crippen molar-refractivity contribution in [2.45, 2.75) is 43.7 Å². The number of morpholine rings is 1. The minimum atomic E-state index is -3.64. The molecule has 1 atom stereocenters. The fourth-order valence-electron chi connectivity index (χ4n) is 4.77. The zero-order chi connectivity index (χ0) is 29.8. The van der Waals surface area contributed by atoms with Crippen molar-refractivity contribution in [3.8, 4) is 5.75 Å². The van der Waals surface area contributed by atoms with Gasteiger partial charge in [-0.3, -0.25) is 9.59 Å². The van der Waals surface area contributed by atoms with Crippen LogP contribution in [-0.4, -0.2) is 68.9 Å². The van der Waals surface area contributed by atoms with Gasteiger partial charge >= 0.3 is 0 Å². The van der Waals surface area contributed by atoms with Gasteiger partial charge < -0.3 is 19.7 Å². The van der Waals surface area contributed by atoms with Crippen molar-refractivity contribution in [3.63, 3.8) is 0 Å². The number of nitrogens with one attached hydrogen (secondary N) is 1. The molecule has 0 radical (unpaired) electrons. The molecule has 3 aromatic rings. The molecule has 1 aliphatic rings. The minimum Gasteiger partial charge on any atom is -0.484 e. The van der Waals surface area contributed by atoms with Crippen molar-refractivity contribution in [3.05, 3.63) is 96.1 Å². The van der Waals surface area contributed by atoms with E-state index in [4.69, 9.17) is 9.47 Å². The van der Waals surface area contributed by atoms with Gasteiger partial charge in [-0.25, -0.2) is 8.42 Å². The predicted octanol–water partition coefficient (Wildman–Crippen LogP) is 4.16. The highest BCUT2D eigenvalue weighted by molar-refractivity contribution is 7.89. The van der Waals surface area contributed by atoms with Crippen molar-refractivity contribution >= 4 is 21.8 Å². The van der Waals surface area contributed by atoms with Gasteiger partial charge in [0.25, 0.3) is 5.91 Å². The second kappa shape index (κ2) is 15.5. The SMILES string of the molecule is CCCCCNC(=O)C(c1ccccc1)N(Cc1ccccc1)C(=O)COc1ccc(S(=O)(=O)N2CCOCC2)cc1. The first-order chi connectivity index (χ1) is 20.4. The first kappa shape index (κ1) is 31.2. The van der Waals surface area contributed by atoms with Crippen LogP contribution in [0.15, 0.2) is 89.8 Å². The predicted molar refractivity (Wildman–Crippen MR) is 160 cm³/mol. The molecule has 2 amide bonds. The molecule has 1 saturated heterocycles. The van der Waals surface area contributed by atoms with E-state index in [0.717, 1.165) is 24.8 Å². The Hall–Kier alpha value is -3.73. The van der Waals surface area contributed by atoms with E-state index in [1.165, 1.54) is 33.5 Å². The lowest BCUT2D eigenvalue weighted by Gasteiger charge is -2.31. The Labute approximate surface area is 248 Å². The molecule has 1 heterocycles. The average Bonchev–Trinajstić information content (AvgIpc) is 3.03. The molecule has 0 bridgehead atoms. The summed E-state index contributed by atoms with van der Waals surface area (Å²) in [7, 11) is -3.64. The van der Waals surface area contributed by atoms with Crippen molar-refractivity contribution in [2.24, 2.45) is 0 Å². The maximum atomic E-state index is 13.8. The third-order valence-electron chi connectivity index (χ3n) is 7.06. The normalized spacial score (nSPS) is 14.6. The summed E-state index contributed by atoms with van der Waals surface area (Å²) in [5, 5.41) is 3.02. The zero-order valence-corrected chi connectivity index (χ0v) is 24.8. The second-order valence-electron chi connectivity index (χ2n) is 10.1. The number of nitrogens with zero attached hydrogens (tertiary/aromatic N) is 2. The van der Waals surface area contributed by atoms with Crippen LogP contribution in [0.3, 0.4) is 0 Å². The number of hydrogen-bond donors (Lipinski definition) is 1. The smallest absolute Gasteiger partial charge is 0.261 e. The molecule has 0 saturated carbocycles. The Morgan fingerprint density at radius 3 is 2.21 bits per heavy atom. The van der Waals surface area contributed by atoms with E-state index in [2.05, 4.69) is 12.2 Å². The van der Waals surface area contributed by atoms with Crippen LogP contribution in [0.5, 0.6) is 5.75 Å². The zero-order valence-electron chi connectivity index (χ0n) is 24.0. The van der Waals surface area contributed by atoms with Crippen molar-refractivity contribution in [1.82, 2.24) is 14.5 Å². The molecule has 1 aliphatic heterocycles. The molecule has 4 rings (SSSR count). The van der Waals surface area contributed by atoms with E-state index < -0.39 is 16.1 Å². The molecular weight excluding hydrogens is 554 g/mol. The van der Waals surface area contributed by atoms with Crippen molar-refractivity contribution < 1.29 is 27.5 Å². The number of ether oxygens (including phenoxy) is 2. The standard InChI is InChI=1S/C32H39N3O6S/c1-2-3-10-19-33-32(37)31(27-13-8-5-9-14-27)35(24-26-11-6-4-7-12-26)30(36)25-41-28-15-17-29(18-16-28)42(38,39)34-20-22-40-23-21-34/h4-9,11-18,31H,2-3,10,19-25H2,1H3,(H,33,37). The molecule has 0 aromatic heterocycles. The summed E-state index contributed by atoms with van der Waals surface area (Å²) >= 11 is 0. The Kier molecular flexibility index (Phi) is 11.5. The van der Waals surface area contributed by atoms with Crippen LogP contribution < -0.4 is 10.1 Å². The number of rotatable bonds is 14. The van der Waals surface area contributed by atoms with E-state index in [9.17, 15) is 18.0 Å². The van der Waals surface area contributed by atoms with Crippen LogP contribution >= 0.6 is 0 Å². The van der Waals surface area contributed by atoms with Gasteiger partial charge in [-0.15, -0.1) is 0 Å². The summed E-state index contributed by atoms with van der Waals surface area (Å²) in [5.74, 6) is -0.273. The molecule has 1 N–H and O–H groups in total. The molecular formula is C32H39N3O6S. The van der Waals surface area contributed by atoms with Crippen molar-refractivity contribution in [1.29, 1.82) is 0 Å². The number of amides is 2. The van der Waals surface area contributed by atoms with Crippen LogP contribution in [-0.2, 0) is 30.9 Å². The quantitative estimate of drug-likeness (QED) is 0.282. The molecule has 10 heteroatoms. The molecule has 0 spiro atoms. The first-order valence-electron chi connectivity index (χ1n) is 14.4. The highest BCUT2D eigenvalue weighted by Gasteiger charge is 2.32. The number of benzene rings is 3.